The van der Waals surface area contributed by atoms with E-state index in [0.717, 1.165) is 6.54 Å². The Balaban J connectivity index is 2.25. The summed E-state index contributed by atoms with van der Waals surface area (Å²) in [5.41, 5.74) is 4.00. The molecule has 0 aromatic heterocycles. The molecule has 0 aliphatic heterocycles. The zero-order chi connectivity index (χ0) is 14.3. The Bertz CT molecular complexity index is 443. The standard InChI is InChI=1S/C18H29N/c1-14-9-7-8-10-15(14)18(11-17(5,6)12-18)13-19-16(2,3)4/h7-10,19H,11-13H2,1-6H3. The molecule has 1 saturated carbocycles. The van der Waals surface area contributed by atoms with E-state index in [0.29, 0.717) is 10.8 Å². The van der Waals surface area contributed by atoms with Crippen molar-refractivity contribution in [2.45, 2.75) is 65.3 Å². The molecule has 0 radical (unpaired) electrons. The summed E-state index contributed by atoms with van der Waals surface area (Å²) in [6, 6.07) is 8.91. The Morgan fingerprint density at radius 3 is 2.16 bits per heavy atom. The van der Waals surface area contributed by atoms with Crippen LogP contribution in [0.5, 0.6) is 0 Å². The predicted octanol–water partition coefficient (Wildman–Crippen LogP) is 4.44. The number of rotatable bonds is 3. The van der Waals surface area contributed by atoms with Crippen LogP contribution in [0.15, 0.2) is 24.3 Å². The Morgan fingerprint density at radius 2 is 1.68 bits per heavy atom. The van der Waals surface area contributed by atoms with Gasteiger partial charge in [-0.05, 0) is 57.1 Å². The lowest BCUT2D eigenvalue weighted by Crippen LogP contribution is -2.55. The lowest BCUT2D eigenvalue weighted by Gasteiger charge is -2.55. The molecule has 0 saturated heterocycles. The molecule has 0 bridgehead atoms. The first-order valence-corrected chi connectivity index (χ1v) is 7.45. The molecule has 1 aliphatic rings. The van der Waals surface area contributed by atoms with Gasteiger partial charge in [0.2, 0.25) is 0 Å². The molecule has 106 valence electrons. The molecule has 1 N–H and O–H groups in total. The Labute approximate surface area is 118 Å². The van der Waals surface area contributed by atoms with E-state index in [2.05, 4.69) is 71.1 Å². The van der Waals surface area contributed by atoms with Crippen molar-refractivity contribution in [3.8, 4) is 0 Å². The second kappa shape index (κ2) is 4.63. The normalized spacial score (nSPS) is 20.9. The first-order chi connectivity index (χ1) is 8.64. The van der Waals surface area contributed by atoms with Gasteiger partial charge in [0.15, 0.2) is 0 Å². The average molecular weight is 259 g/mol. The van der Waals surface area contributed by atoms with Crippen LogP contribution in [0.25, 0.3) is 0 Å². The highest BCUT2D eigenvalue weighted by molar-refractivity contribution is 5.37. The minimum absolute atomic E-state index is 0.190. The third-order valence-corrected chi connectivity index (χ3v) is 4.31. The molecule has 0 heterocycles. The molecule has 2 rings (SSSR count). The zero-order valence-corrected chi connectivity index (χ0v) is 13.4. The van der Waals surface area contributed by atoms with E-state index in [1.807, 2.05) is 0 Å². The minimum atomic E-state index is 0.190. The van der Waals surface area contributed by atoms with Gasteiger partial charge < -0.3 is 5.32 Å². The predicted molar refractivity (Wildman–Crippen MR) is 83.6 cm³/mol. The van der Waals surface area contributed by atoms with Crippen LogP contribution < -0.4 is 5.32 Å². The molecule has 1 aliphatic carbocycles. The zero-order valence-electron chi connectivity index (χ0n) is 13.4. The molecule has 1 aromatic rings. The number of aryl methyl sites for hydroxylation is 1. The molecule has 1 heteroatoms. The van der Waals surface area contributed by atoms with Gasteiger partial charge in [0.25, 0.3) is 0 Å². The Hall–Kier alpha value is -0.820. The SMILES string of the molecule is Cc1ccccc1C1(CNC(C)(C)C)CC(C)(C)C1. The second-order valence-electron chi connectivity index (χ2n) is 8.22. The topological polar surface area (TPSA) is 12.0 Å². The van der Waals surface area contributed by atoms with Crippen LogP contribution in [-0.2, 0) is 5.41 Å². The maximum Gasteiger partial charge on any atom is 0.00968 e. The van der Waals surface area contributed by atoms with Crippen LogP contribution in [0, 0.1) is 12.3 Å². The van der Waals surface area contributed by atoms with E-state index in [4.69, 9.17) is 0 Å². The third kappa shape index (κ3) is 3.20. The highest BCUT2D eigenvalue weighted by Gasteiger charge is 2.50. The van der Waals surface area contributed by atoms with Crippen LogP contribution >= 0.6 is 0 Å². The smallest absolute Gasteiger partial charge is 0.00968 e. The summed E-state index contributed by atoms with van der Waals surface area (Å²) >= 11 is 0. The van der Waals surface area contributed by atoms with Crippen molar-refractivity contribution in [1.82, 2.24) is 5.32 Å². The Kier molecular flexibility index (Phi) is 3.55. The first kappa shape index (κ1) is 14.6. The van der Waals surface area contributed by atoms with Gasteiger partial charge in [-0.3, -0.25) is 0 Å². The van der Waals surface area contributed by atoms with E-state index in [1.54, 1.807) is 5.56 Å². The lowest BCUT2D eigenvalue weighted by molar-refractivity contribution is 0.0508. The molecule has 0 amide bonds. The number of hydrogen-bond acceptors (Lipinski definition) is 1. The summed E-state index contributed by atoms with van der Waals surface area (Å²) in [7, 11) is 0. The van der Waals surface area contributed by atoms with Crippen molar-refractivity contribution < 1.29 is 0 Å². The molecular weight excluding hydrogens is 230 g/mol. The largest absolute Gasteiger partial charge is 0.311 e. The monoisotopic (exact) mass is 259 g/mol. The van der Waals surface area contributed by atoms with Crippen molar-refractivity contribution in [1.29, 1.82) is 0 Å². The van der Waals surface area contributed by atoms with Crippen LogP contribution in [0.1, 0.15) is 58.6 Å². The highest BCUT2D eigenvalue weighted by Crippen LogP contribution is 2.55. The van der Waals surface area contributed by atoms with Crippen molar-refractivity contribution in [2.75, 3.05) is 6.54 Å². The van der Waals surface area contributed by atoms with Gasteiger partial charge in [-0.25, -0.2) is 0 Å². The maximum atomic E-state index is 3.73. The summed E-state index contributed by atoms with van der Waals surface area (Å²) in [6.45, 7) is 14.9. The van der Waals surface area contributed by atoms with E-state index < -0.39 is 0 Å². The quantitative estimate of drug-likeness (QED) is 0.846. The fourth-order valence-electron chi connectivity index (χ4n) is 3.79. The van der Waals surface area contributed by atoms with Crippen molar-refractivity contribution >= 4 is 0 Å². The number of hydrogen-bond donors (Lipinski definition) is 1. The van der Waals surface area contributed by atoms with Crippen LogP contribution in [0.4, 0.5) is 0 Å². The van der Waals surface area contributed by atoms with Crippen molar-refractivity contribution in [2.24, 2.45) is 5.41 Å². The molecule has 0 unspecified atom stereocenters. The van der Waals surface area contributed by atoms with Crippen molar-refractivity contribution in [3.63, 3.8) is 0 Å². The molecule has 19 heavy (non-hydrogen) atoms. The fraction of sp³-hybridized carbons (Fsp3) is 0.667. The molecule has 1 aromatic carbocycles. The van der Waals surface area contributed by atoms with E-state index in [1.165, 1.54) is 18.4 Å². The van der Waals surface area contributed by atoms with Crippen molar-refractivity contribution in [3.05, 3.63) is 35.4 Å². The summed E-state index contributed by atoms with van der Waals surface area (Å²) in [4.78, 5) is 0. The molecule has 0 atom stereocenters. The van der Waals surface area contributed by atoms with E-state index in [-0.39, 0.29) is 5.54 Å². The van der Waals surface area contributed by atoms with Gasteiger partial charge in [0.05, 0.1) is 0 Å². The summed E-state index contributed by atoms with van der Waals surface area (Å²) in [6.07, 6.45) is 2.57. The van der Waals surface area contributed by atoms with Gasteiger partial charge in [-0.2, -0.15) is 0 Å². The van der Waals surface area contributed by atoms with Gasteiger partial charge in [0, 0.05) is 17.5 Å². The third-order valence-electron chi connectivity index (χ3n) is 4.31. The summed E-state index contributed by atoms with van der Waals surface area (Å²) in [5.74, 6) is 0. The number of benzene rings is 1. The maximum absolute atomic E-state index is 3.73. The summed E-state index contributed by atoms with van der Waals surface area (Å²) < 4.78 is 0. The molecular formula is C18H29N. The molecule has 1 nitrogen and oxygen atoms in total. The van der Waals surface area contributed by atoms with Gasteiger partial charge >= 0.3 is 0 Å². The van der Waals surface area contributed by atoms with Gasteiger partial charge in [-0.15, -0.1) is 0 Å². The minimum Gasteiger partial charge on any atom is -0.311 e. The van der Waals surface area contributed by atoms with E-state index in [9.17, 15) is 0 Å². The van der Waals surface area contributed by atoms with Gasteiger partial charge in [0.1, 0.15) is 0 Å². The Morgan fingerprint density at radius 1 is 1.11 bits per heavy atom. The number of nitrogens with one attached hydrogen (secondary N) is 1. The van der Waals surface area contributed by atoms with Crippen LogP contribution in [0.2, 0.25) is 0 Å². The van der Waals surface area contributed by atoms with E-state index >= 15 is 0 Å². The van der Waals surface area contributed by atoms with Crippen LogP contribution in [0.3, 0.4) is 0 Å². The molecule has 0 spiro atoms. The lowest BCUT2D eigenvalue weighted by atomic mass is 9.51. The van der Waals surface area contributed by atoms with Gasteiger partial charge in [-0.1, -0.05) is 38.1 Å². The fourth-order valence-corrected chi connectivity index (χ4v) is 3.79. The second-order valence-corrected chi connectivity index (χ2v) is 8.22. The molecule has 1 fully saturated rings. The summed E-state index contributed by atoms with van der Waals surface area (Å²) in [5, 5.41) is 3.73. The van der Waals surface area contributed by atoms with Crippen LogP contribution in [-0.4, -0.2) is 12.1 Å². The average Bonchev–Trinajstić information content (AvgIpc) is 2.23. The first-order valence-electron chi connectivity index (χ1n) is 7.45. The highest BCUT2D eigenvalue weighted by atomic mass is 15.0.